The molecule has 0 saturated carbocycles. The molecule has 2 heterocycles. The number of hydrogen-bond donors (Lipinski definition) is 1. The molecule has 2 aliphatic heterocycles. The molecule has 0 radical (unpaired) electrons. The van der Waals surface area contributed by atoms with Gasteiger partial charge < -0.3 is 14.7 Å². The monoisotopic (exact) mass is 382 g/mol. The molecule has 2 aliphatic rings. The van der Waals surface area contributed by atoms with Gasteiger partial charge in [0.1, 0.15) is 5.75 Å². The van der Waals surface area contributed by atoms with Crippen LogP contribution >= 0.6 is 0 Å². The highest BCUT2D eigenvalue weighted by molar-refractivity contribution is 7.88. The summed E-state index contributed by atoms with van der Waals surface area (Å²) in [4.78, 5) is 14.8. The van der Waals surface area contributed by atoms with Crippen LogP contribution in [0.25, 0.3) is 0 Å². The van der Waals surface area contributed by atoms with E-state index in [-0.39, 0.29) is 25.0 Å². The zero-order valence-electron chi connectivity index (χ0n) is 15.4. The van der Waals surface area contributed by atoms with E-state index in [1.54, 1.807) is 24.1 Å². The van der Waals surface area contributed by atoms with Crippen LogP contribution < -0.4 is 4.74 Å². The Hall–Kier alpha value is -1.64. The average Bonchev–Trinajstić information content (AvgIpc) is 3.00. The van der Waals surface area contributed by atoms with Crippen LogP contribution in [-0.2, 0) is 10.0 Å². The standard InChI is InChI=1S/C18H26N2O5S/c1-13-8-15(25-2)4-5-16(13)17(22)19-7-6-14-9-20(26(3,23)24)11-18(14,10-19)12-21/h4-5,8,14,21H,6-7,9-12H2,1-3H3/t14-,18+/m1/s1. The third kappa shape index (κ3) is 3.33. The largest absolute Gasteiger partial charge is 0.497 e. The Morgan fingerprint density at radius 1 is 1.38 bits per heavy atom. The molecule has 0 spiro atoms. The highest BCUT2D eigenvalue weighted by Gasteiger charge is 2.52. The summed E-state index contributed by atoms with van der Waals surface area (Å²) in [5, 5.41) is 10.1. The zero-order chi connectivity index (χ0) is 19.1. The van der Waals surface area contributed by atoms with E-state index >= 15 is 0 Å². The first kappa shape index (κ1) is 19.1. The lowest BCUT2D eigenvalue weighted by Gasteiger charge is -2.43. The van der Waals surface area contributed by atoms with Crippen molar-refractivity contribution in [2.24, 2.45) is 11.3 Å². The molecule has 0 aromatic heterocycles. The molecule has 1 N–H and O–H groups in total. The summed E-state index contributed by atoms with van der Waals surface area (Å²) in [5.74, 6) is 0.682. The van der Waals surface area contributed by atoms with Gasteiger partial charge >= 0.3 is 0 Å². The van der Waals surface area contributed by atoms with Crippen LogP contribution in [0.1, 0.15) is 22.3 Å². The minimum atomic E-state index is -3.31. The summed E-state index contributed by atoms with van der Waals surface area (Å²) >= 11 is 0. The summed E-state index contributed by atoms with van der Waals surface area (Å²) in [6.07, 6.45) is 1.88. The van der Waals surface area contributed by atoms with Crippen LogP contribution in [0, 0.1) is 18.3 Å². The van der Waals surface area contributed by atoms with Gasteiger partial charge in [0, 0.05) is 37.2 Å². The number of aryl methyl sites for hydroxylation is 1. The number of methoxy groups -OCH3 is 1. The first-order valence-corrected chi connectivity index (χ1v) is 10.5. The van der Waals surface area contributed by atoms with Crippen LogP contribution in [0.3, 0.4) is 0 Å². The lowest BCUT2D eigenvalue weighted by molar-refractivity contribution is 0.0129. The smallest absolute Gasteiger partial charge is 0.254 e. The van der Waals surface area contributed by atoms with E-state index < -0.39 is 15.4 Å². The van der Waals surface area contributed by atoms with Crippen LogP contribution in [0.2, 0.25) is 0 Å². The van der Waals surface area contributed by atoms with Crippen molar-refractivity contribution in [2.75, 3.05) is 46.2 Å². The minimum Gasteiger partial charge on any atom is -0.497 e. The van der Waals surface area contributed by atoms with Crippen LogP contribution in [0.5, 0.6) is 5.75 Å². The number of fused-ring (bicyclic) bond motifs is 1. The number of aliphatic hydroxyl groups is 1. The Kier molecular flexibility index (Phi) is 5.02. The molecule has 1 amide bonds. The molecule has 0 aliphatic carbocycles. The zero-order valence-corrected chi connectivity index (χ0v) is 16.3. The number of hydrogen-bond acceptors (Lipinski definition) is 5. The molecule has 144 valence electrons. The topological polar surface area (TPSA) is 87.2 Å². The van der Waals surface area contributed by atoms with Gasteiger partial charge in [0.25, 0.3) is 5.91 Å². The van der Waals surface area contributed by atoms with E-state index in [1.165, 1.54) is 10.6 Å². The Morgan fingerprint density at radius 2 is 2.12 bits per heavy atom. The second-order valence-electron chi connectivity index (χ2n) is 7.47. The second-order valence-corrected chi connectivity index (χ2v) is 9.45. The van der Waals surface area contributed by atoms with Crippen molar-refractivity contribution >= 4 is 15.9 Å². The number of carbonyl (C=O) groups excluding carboxylic acids is 1. The Morgan fingerprint density at radius 3 is 2.69 bits per heavy atom. The van der Waals surface area contributed by atoms with Gasteiger partial charge in [0.15, 0.2) is 0 Å². The number of aliphatic hydroxyl groups excluding tert-OH is 1. The van der Waals surface area contributed by atoms with Gasteiger partial charge in [0.05, 0.1) is 20.0 Å². The van der Waals surface area contributed by atoms with Gasteiger partial charge in [-0.3, -0.25) is 4.79 Å². The lowest BCUT2D eigenvalue weighted by atomic mass is 9.74. The molecule has 0 bridgehead atoms. The second kappa shape index (κ2) is 6.83. The third-order valence-corrected chi connectivity index (χ3v) is 6.99. The normalized spacial score (nSPS) is 26.6. The lowest BCUT2D eigenvalue weighted by Crippen LogP contribution is -2.52. The van der Waals surface area contributed by atoms with Gasteiger partial charge in [0.2, 0.25) is 10.0 Å². The summed E-state index contributed by atoms with van der Waals surface area (Å²) in [6, 6.07) is 5.34. The van der Waals surface area contributed by atoms with Gasteiger partial charge in [-0.1, -0.05) is 0 Å². The number of sulfonamides is 1. The molecule has 2 saturated heterocycles. The predicted molar refractivity (Wildman–Crippen MR) is 97.7 cm³/mol. The van der Waals surface area contributed by atoms with Gasteiger partial charge in [-0.2, -0.15) is 0 Å². The number of piperidine rings is 1. The Balaban J connectivity index is 1.83. The SMILES string of the molecule is COc1ccc(C(=O)N2CC[C@@H]3CN(S(C)(=O)=O)C[C@]3(CO)C2)c(C)c1. The highest BCUT2D eigenvalue weighted by Crippen LogP contribution is 2.43. The van der Waals surface area contributed by atoms with Crippen molar-refractivity contribution < 1.29 is 23.1 Å². The van der Waals surface area contributed by atoms with Crippen molar-refractivity contribution in [2.45, 2.75) is 13.3 Å². The Bertz CT molecular complexity index is 810. The summed E-state index contributed by atoms with van der Waals surface area (Å²) in [5.41, 5.74) is 0.853. The van der Waals surface area contributed by atoms with E-state index in [0.29, 0.717) is 37.4 Å². The Labute approximate surface area is 154 Å². The van der Waals surface area contributed by atoms with Crippen molar-refractivity contribution in [1.29, 1.82) is 0 Å². The van der Waals surface area contributed by atoms with Gasteiger partial charge in [-0.05, 0) is 43.0 Å². The fourth-order valence-corrected chi connectivity index (χ4v) is 5.10. The minimum absolute atomic E-state index is 0.0724. The third-order valence-electron chi connectivity index (χ3n) is 5.77. The van der Waals surface area contributed by atoms with E-state index in [2.05, 4.69) is 0 Å². The van der Waals surface area contributed by atoms with Crippen molar-refractivity contribution in [3.05, 3.63) is 29.3 Å². The molecule has 1 aromatic rings. The van der Waals surface area contributed by atoms with Crippen molar-refractivity contribution in [3.63, 3.8) is 0 Å². The number of benzene rings is 1. The molecule has 26 heavy (non-hydrogen) atoms. The van der Waals surface area contributed by atoms with Crippen molar-refractivity contribution in [1.82, 2.24) is 9.21 Å². The molecular weight excluding hydrogens is 356 g/mol. The quantitative estimate of drug-likeness (QED) is 0.829. The summed E-state index contributed by atoms with van der Waals surface area (Å²) in [6.45, 7) is 3.35. The predicted octanol–water partition coefficient (Wildman–Crippen LogP) is 0.720. The van der Waals surface area contributed by atoms with Gasteiger partial charge in [-0.15, -0.1) is 0 Å². The number of rotatable bonds is 4. The molecule has 0 unspecified atom stereocenters. The average molecular weight is 382 g/mol. The summed E-state index contributed by atoms with van der Waals surface area (Å²) < 4.78 is 30.5. The number of ether oxygens (including phenoxy) is 1. The van der Waals surface area contributed by atoms with E-state index in [0.717, 1.165) is 5.56 Å². The maximum Gasteiger partial charge on any atom is 0.254 e. The van der Waals surface area contributed by atoms with Crippen molar-refractivity contribution in [3.8, 4) is 5.75 Å². The van der Waals surface area contributed by atoms with Crippen LogP contribution in [0.4, 0.5) is 0 Å². The number of amides is 1. The first-order valence-electron chi connectivity index (χ1n) is 8.70. The molecule has 8 heteroatoms. The number of nitrogens with zero attached hydrogens (tertiary/aromatic N) is 2. The number of carbonyl (C=O) groups is 1. The molecule has 2 atom stereocenters. The maximum absolute atomic E-state index is 13.0. The molecule has 2 fully saturated rings. The molecular formula is C18H26N2O5S. The first-order chi connectivity index (χ1) is 12.2. The van der Waals surface area contributed by atoms with E-state index in [4.69, 9.17) is 4.74 Å². The maximum atomic E-state index is 13.0. The number of likely N-dealkylation sites (tertiary alicyclic amines) is 1. The molecule has 1 aromatic carbocycles. The fraction of sp³-hybridized carbons (Fsp3) is 0.611. The highest BCUT2D eigenvalue weighted by atomic mass is 32.2. The molecule has 3 rings (SSSR count). The van der Waals surface area contributed by atoms with E-state index in [9.17, 15) is 18.3 Å². The fourth-order valence-electron chi connectivity index (χ4n) is 4.16. The van der Waals surface area contributed by atoms with E-state index in [1.807, 2.05) is 13.0 Å². The molecule has 7 nitrogen and oxygen atoms in total. The summed E-state index contributed by atoms with van der Waals surface area (Å²) in [7, 11) is -1.73. The van der Waals surface area contributed by atoms with Crippen LogP contribution in [0.15, 0.2) is 18.2 Å². The van der Waals surface area contributed by atoms with Gasteiger partial charge in [-0.25, -0.2) is 12.7 Å². The van der Waals surface area contributed by atoms with Crippen LogP contribution in [-0.4, -0.2) is 74.8 Å².